The van der Waals surface area contributed by atoms with Gasteiger partial charge in [0.05, 0.1) is 19.1 Å². The van der Waals surface area contributed by atoms with E-state index in [9.17, 15) is 9.59 Å². The Hall–Kier alpha value is -3.29. The summed E-state index contributed by atoms with van der Waals surface area (Å²) in [6, 6.07) is 7.62. The molecule has 1 aromatic carbocycles. The van der Waals surface area contributed by atoms with Gasteiger partial charge in [0.15, 0.2) is 5.82 Å². The van der Waals surface area contributed by atoms with Crippen molar-refractivity contribution in [3.05, 3.63) is 47.9 Å². The minimum Gasteiger partial charge on any atom is -0.497 e. The number of nitrogens with one attached hydrogen (secondary N) is 1. The first-order valence-corrected chi connectivity index (χ1v) is 9.09. The Kier molecular flexibility index (Phi) is 5.67. The number of rotatable bonds is 6. The molecule has 0 bridgehead atoms. The van der Waals surface area contributed by atoms with Gasteiger partial charge in [-0.3, -0.25) is 14.6 Å². The molecule has 1 aromatic heterocycles. The van der Waals surface area contributed by atoms with E-state index in [4.69, 9.17) is 4.74 Å². The molecule has 3 rings (SSSR count). The fraction of sp³-hybridized carbons (Fsp3) is 0.350. The predicted octanol–water partition coefficient (Wildman–Crippen LogP) is 2.11. The molecule has 8 heteroatoms. The van der Waals surface area contributed by atoms with E-state index in [0.29, 0.717) is 18.8 Å². The van der Waals surface area contributed by atoms with Crippen LogP contribution in [0.25, 0.3) is 5.70 Å². The number of allylic oxidation sites excluding steroid dienone is 1. The molecule has 28 heavy (non-hydrogen) atoms. The summed E-state index contributed by atoms with van der Waals surface area (Å²) in [5.74, 6) is 1.25. The van der Waals surface area contributed by atoms with Crippen LogP contribution in [0.2, 0.25) is 0 Å². The summed E-state index contributed by atoms with van der Waals surface area (Å²) in [7, 11) is 5.02. The van der Waals surface area contributed by atoms with Crippen LogP contribution in [0.15, 0.2) is 36.7 Å². The Labute approximate surface area is 164 Å². The van der Waals surface area contributed by atoms with E-state index in [0.717, 1.165) is 22.7 Å². The van der Waals surface area contributed by atoms with Crippen molar-refractivity contribution in [3.63, 3.8) is 0 Å². The molecule has 2 heterocycles. The molecule has 148 valence electrons. The molecule has 3 amide bonds. The standard InChI is InChI=1S/C20H25N5O3/c1-5-16-18-19(24(3)20(27)23(16)2)22-13-25(18)12-17(26)21-10-9-14-7-6-8-15(11-14)28-4/h5-8,11,13H,9-10,12H2,1-4H3,(H,21,26). The number of benzene rings is 1. The summed E-state index contributed by atoms with van der Waals surface area (Å²) in [5, 5.41) is 2.94. The number of aromatic nitrogens is 2. The number of methoxy groups -OCH3 is 1. The van der Waals surface area contributed by atoms with Gasteiger partial charge in [-0.05, 0) is 31.0 Å². The second kappa shape index (κ2) is 8.16. The van der Waals surface area contributed by atoms with Gasteiger partial charge in [0.2, 0.25) is 5.91 Å². The number of hydrogen-bond donors (Lipinski definition) is 1. The van der Waals surface area contributed by atoms with E-state index in [1.165, 1.54) is 4.90 Å². The van der Waals surface area contributed by atoms with Crippen molar-refractivity contribution >= 4 is 23.5 Å². The van der Waals surface area contributed by atoms with Gasteiger partial charge in [-0.25, -0.2) is 9.78 Å². The maximum absolute atomic E-state index is 12.4. The molecule has 0 saturated carbocycles. The zero-order chi connectivity index (χ0) is 20.3. The highest BCUT2D eigenvalue weighted by atomic mass is 16.5. The van der Waals surface area contributed by atoms with Crippen molar-refractivity contribution in [3.8, 4) is 5.75 Å². The van der Waals surface area contributed by atoms with E-state index in [1.807, 2.05) is 37.3 Å². The number of amides is 3. The van der Waals surface area contributed by atoms with E-state index < -0.39 is 0 Å². The Morgan fingerprint density at radius 2 is 2.07 bits per heavy atom. The van der Waals surface area contributed by atoms with Crippen molar-refractivity contribution in [1.29, 1.82) is 0 Å². The van der Waals surface area contributed by atoms with Crippen LogP contribution in [0.3, 0.4) is 0 Å². The van der Waals surface area contributed by atoms with Crippen LogP contribution in [0.1, 0.15) is 18.2 Å². The molecule has 0 fully saturated rings. The number of anilines is 1. The van der Waals surface area contributed by atoms with Crippen LogP contribution < -0.4 is 15.0 Å². The number of carbonyl (C=O) groups is 2. The average molecular weight is 383 g/mol. The van der Waals surface area contributed by atoms with E-state index in [2.05, 4.69) is 10.3 Å². The van der Waals surface area contributed by atoms with Gasteiger partial charge in [0.25, 0.3) is 0 Å². The van der Waals surface area contributed by atoms with Gasteiger partial charge in [-0.1, -0.05) is 18.2 Å². The lowest BCUT2D eigenvalue weighted by Gasteiger charge is -2.32. The van der Waals surface area contributed by atoms with Gasteiger partial charge in [-0.2, -0.15) is 0 Å². The Bertz CT molecular complexity index is 918. The van der Waals surface area contributed by atoms with Crippen LogP contribution in [0, 0.1) is 0 Å². The van der Waals surface area contributed by atoms with Crippen molar-refractivity contribution in [2.75, 3.05) is 32.6 Å². The maximum Gasteiger partial charge on any atom is 0.329 e. The molecule has 1 aliphatic heterocycles. The van der Waals surface area contributed by atoms with Crippen LogP contribution in [-0.4, -0.2) is 54.1 Å². The summed E-state index contributed by atoms with van der Waals surface area (Å²) in [5.41, 5.74) is 2.59. The minimum absolute atomic E-state index is 0.110. The third-order valence-corrected chi connectivity index (χ3v) is 4.77. The van der Waals surface area contributed by atoms with Crippen LogP contribution in [0.4, 0.5) is 10.6 Å². The highest BCUT2D eigenvalue weighted by molar-refractivity contribution is 6.02. The molecule has 0 spiro atoms. The van der Waals surface area contributed by atoms with Gasteiger partial charge in [-0.15, -0.1) is 0 Å². The molecule has 0 atom stereocenters. The fourth-order valence-electron chi connectivity index (χ4n) is 3.29. The Balaban J connectivity index is 1.65. The quantitative estimate of drug-likeness (QED) is 0.829. The lowest BCUT2D eigenvalue weighted by atomic mass is 10.1. The van der Waals surface area contributed by atoms with Crippen molar-refractivity contribution in [2.24, 2.45) is 0 Å². The van der Waals surface area contributed by atoms with Gasteiger partial charge >= 0.3 is 6.03 Å². The summed E-state index contributed by atoms with van der Waals surface area (Å²) >= 11 is 0. The van der Waals surface area contributed by atoms with Crippen molar-refractivity contribution in [1.82, 2.24) is 19.8 Å². The van der Waals surface area contributed by atoms with Crippen molar-refractivity contribution in [2.45, 2.75) is 19.9 Å². The predicted molar refractivity (Wildman–Crippen MR) is 107 cm³/mol. The number of fused-ring (bicyclic) bond motifs is 1. The summed E-state index contributed by atoms with van der Waals surface area (Å²) in [6.45, 7) is 2.52. The molecular weight excluding hydrogens is 358 g/mol. The Morgan fingerprint density at radius 1 is 1.29 bits per heavy atom. The van der Waals surface area contributed by atoms with E-state index in [1.54, 1.807) is 37.0 Å². The number of carbonyl (C=O) groups excluding carboxylic acids is 2. The molecule has 0 unspecified atom stereocenters. The van der Waals surface area contributed by atoms with Crippen LogP contribution in [0.5, 0.6) is 5.75 Å². The molecule has 1 aliphatic rings. The lowest BCUT2D eigenvalue weighted by molar-refractivity contribution is -0.121. The third-order valence-electron chi connectivity index (χ3n) is 4.77. The molecule has 2 aromatic rings. The Morgan fingerprint density at radius 3 is 2.79 bits per heavy atom. The largest absolute Gasteiger partial charge is 0.497 e. The minimum atomic E-state index is -0.159. The SMILES string of the molecule is CC=C1c2c(ncn2CC(=O)NCCc2cccc(OC)c2)N(C)C(=O)N1C. The zero-order valence-corrected chi connectivity index (χ0v) is 16.6. The number of ether oxygens (including phenoxy) is 1. The highest BCUT2D eigenvalue weighted by Gasteiger charge is 2.33. The van der Waals surface area contributed by atoms with Gasteiger partial charge in [0.1, 0.15) is 18.0 Å². The lowest BCUT2D eigenvalue weighted by Crippen LogP contribution is -2.43. The monoisotopic (exact) mass is 383 g/mol. The number of imidazole rings is 1. The zero-order valence-electron chi connectivity index (χ0n) is 16.6. The maximum atomic E-state index is 12.4. The topological polar surface area (TPSA) is 79.7 Å². The summed E-state index contributed by atoms with van der Waals surface area (Å²) in [4.78, 5) is 32.1. The number of hydrogen-bond acceptors (Lipinski definition) is 4. The van der Waals surface area contributed by atoms with Crippen LogP contribution >= 0.6 is 0 Å². The highest BCUT2D eigenvalue weighted by Crippen LogP contribution is 2.33. The summed E-state index contributed by atoms with van der Waals surface area (Å²) < 4.78 is 6.98. The number of nitrogens with zero attached hydrogens (tertiary/aromatic N) is 4. The van der Waals surface area contributed by atoms with Gasteiger partial charge < -0.3 is 14.6 Å². The van der Waals surface area contributed by atoms with Crippen LogP contribution in [-0.2, 0) is 17.8 Å². The molecule has 0 saturated heterocycles. The summed E-state index contributed by atoms with van der Waals surface area (Å²) in [6.07, 6.45) is 4.16. The normalized spacial score (nSPS) is 15.0. The van der Waals surface area contributed by atoms with Crippen molar-refractivity contribution < 1.29 is 14.3 Å². The average Bonchev–Trinajstić information content (AvgIpc) is 3.10. The number of urea groups is 1. The first-order valence-electron chi connectivity index (χ1n) is 9.09. The molecule has 0 radical (unpaired) electrons. The van der Waals surface area contributed by atoms with Gasteiger partial charge in [0, 0.05) is 20.6 Å². The molecular formula is C20H25N5O3. The second-order valence-electron chi connectivity index (χ2n) is 6.57. The first kappa shape index (κ1) is 19.5. The fourth-order valence-corrected chi connectivity index (χ4v) is 3.29. The second-order valence-corrected chi connectivity index (χ2v) is 6.57. The first-order chi connectivity index (χ1) is 13.5. The molecule has 0 aliphatic carbocycles. The third kappa shape index (κ3) is 3.71. The molecule has 1 N–H and O–H groups in total. The smallest absolute Gasteiger partial charge is 0.329 e. The molecule has 8 nitrogen and oxygen atoms in total. The van der Waals surface area contributed by atoms with E-state index >= 15 is 0 Å². The van der Waals surface area contributed by atoms with E-state index in [-0.39, 0.29) is 18.5 Å².